The lowest BCUT2D eigenvalue weighted by Gasteiger charge is -2.17. The summed E-state index contributed by atoms with van der Waals surface area (Å²) in [7, 11) is 0. The smallest absolute Gasteiger partial charge is 0.141 e. The second-order valence-corrected chi connectivity index (χ2v) is 3.47. The van der Waals surface area contributed by atoms with Gasteiger partial charge in [-0.1, -0.05) is 0 Å². The summed E-state index contributed by atoms with van der Waals surface area (Å²) in [6.45, 7) is 1.94. The molecule has 16 heavy (non-hydrogen) atoms. The molecule has 0 aromatic carbocycles. The highest BCUT2D eigenvalue weighted by atomic mass is 35.5. The van der Waals surface area contributed by atoms with Crippen molar-refractivity contribution in [2.75, 3.05) is 6.54 Å². The maximum absolute atomic E-state index is 9.81. The Bertz CT molecular complexity index is 347. The van der Waals surface area contributed by atoms with Crippen molar-refractivity contribution in [1.29, 1.82) is 0 Å². The Balaban J connectivity index is 0.00000225. The van der Waals surface area contributed by atoms with E-state index < -0.39 is 0 Å². The molecular formula is C10H18ClN3O2. The van der Waals surface area contributed by atoms with E-state index >= 15 is 0 Å². The van der Waals surface area contributed by atoms with Crippen molar-refractivity contribution in [2.24, 2.45) is 11.5 Å². The quantitative estimate of drug-likeness (QED) is 0.615. The van der Waals surface area contributed by atoms with Crippen LogP contribution in [0.5, 0.6) is 5.75 Å². The average Bonchev–Trinajstić information content (AvgIpc) is 2.22. The first-order valence-corrected chi connectivity index (χ1v) is 4.85. The summed E-state index contributed by atoms with van der Waals surface area (Å²) in [5.74, 6) is 0.0579. The standard InChI is InChI=1S/C10H17N3O2.ClH/c1-6-10(15)9(8(12)2-3-11)7(5-14)4-13-6;/h4,8,14-15H,2-3,5,11-12H2,1H3;1H/t8-;/m0./s1. The zero-order valence-corrected chi connectivity index (χ0v) is 10.00. The summed E-state index contributed by atoms with van der Waals surface area (Å²) < 4.78 is 0. The van der Waals surface area contributed by atoms with Crippen LogP contribution in [0, 0.1) is 6.92 Å². The van der Waals surface area contributed by atoms with Gasteiger partial charge in [0, 0.05) is 23.4 Å². The van der Waals surface area contributed by atoms with Gasteiger partial charge in [-0.25, -0.2) is 0 Å². The van der Waals surface area contributed by atoms with E-state index in [0.29, 0.717) is 29.8 Å². The van der Waals surface area contributed by atoms with Crippen LogP contribution in [-0.2, 0) is 6.61 Å². The van der Waals surface area contributed by atoms with Gasteiger partial charge >= 0.3 is 0 Å². The molecule has 5 nitrogen and oxygen atoms in total. The third kappa shape index (κ3) is 3.05. The van der Waals surface area contributed by atoms with Crippen molar-refractivity contribution in [3.63, 3.8) is 0 Å². The number of aromatic hydroxyl groups is 1. The fourth-order valence-corrected chi connectivity index (χ4v) is 1.52. The minimum Gasteiger partial charge on any atom is -0.506 e. The van der Waals surface area contributed by atoms with Gasteiger partial charge in [-0.05, 0) is 19.9 Å². The second-order valence-electron chi connectivity index (χ2n) is 3.47. The fourth-order valence-electron chi connectivity index (χ4n) is 1.52. The lowest BCUT2D eigenvalue weighted by molar-refractivity contribution is 0.277. The molecule has 1 heterocycles. The van der Waals surface area contributed by atoms with Crippen molar-refractivity contribution in [3.05, 3.63) is 23.0 Å². The van der Waals surface area contributed by atoms with Crippen molar-refractivity contribution < 1.29 is 10.2 Å². The number of aliphatic hydroxyl groups is 1. The van der Waals surface area contributed by atoms with Crippen LogP contribution < -0.4 is 11.5 Å². The monoisotopic (exact) mass is 247 g/mol. The summed E-state index contributed by atoms with van der Waals surface area (Å²) in [6, 6.07) is -0.362. The fraction of sp³-hybridized carbons (Fsp3) is 0.500. The molecule has 0 fully saturated rings. The summed E-state index contributed by atoms with van der Waals surface area (Å²) >= 11 is 0. The molecule has 6 heteroatoms. The van der Waals surface area contributed by atoms with E-state index in [1.165, 1.54) is 6.20 Å². The molecule has 0 bridgehead atoms. The zero-order valence-electron chi connectivity index (χ0n) is 9.18. The minimum absolute atomic E-state index is 0. The molecule has 0 spiro atoms. The third-order valence-corrected chi connectivity index (χ3v) is 2.38. The van der Waals surface area contributed by atoms with E-state index in [1.54, 1.807) is 6.92 Å². The van der Waals surface area contributed by atoms with Gasteiger partial charge in [-0.3, -0.25) is 4.98 Å². The molecule has 6 N–H and O–H groups in total. The lowest BCUT2D eigenvalue weighted by Crippen LogP contribution is -2.18. The van der Waals surface area contributed by atoms with Gasteiger partial charge in [0.2, 0.25) is 0 Å². The van der Waals surface area contributed by atoms with Crippen molar-refractivity contribution in [2.45, 2.75) is 26.0 Å². The van der Waals surface area contributed by atoms with Gasteiger partial charge in [0.15, 0.2) is 0 Å². The Labute approximate surface area is 101 Å². The lowest BCUT2D eigenvalue weighted by atomic mass is 9.98. The van der Waals surface area contributed by atoms with Crippen LogP contribution in [0.2, 0.25) is 0 Å². The van der Waals surface area contributed by atoms with E-state index in [-0.39, 0.29) is 30.8 Å². The zero-order chi connectivity index (χ0) is 11.4. The number of aryl methyl sites for hydroxylation is 1. The molecule has 0 aliphatic heterocycles. The molecule has 0 amide bonds. The Hall–Kier alpha value is -0.880. The Morgan fingerprint density at radius 1 is 1.50 bits per heavy atom. The Morgan fingerprint density at radius 2 is 2.12 bits per heavy atom. The third-order valence-electron chi connectivity index (χ3n) is 2.38. The Kier molecular flexibility index (Phi) is 6.28. The van der Waals surface area contributed by atoms with Crippen LogP contribution in [0.15, 0.2) is 6.20 Å². The number of pyridine rings is 1. The van der Waals surface area contributed by atoms with E-state index in [1.807, 2.05) is 0 Å². The van der Waals surface area contributed by atoms with Crippen LogP contribution in [0.3, 0.4) is 0 Å². The first-order chi connectivity index (χ1) is 7.11. The SMILES string of the molecule is Cc1ncc(CO)c([C@@H](N)CCN)c1O.Cl. The molecule has 0 unspecified atom stereocenters. The number of rotatable bonds is 4. The minimum atomic E-state index is -0.362. The number of halogens is 1. The van der Waals surface area contributed by atoms with E-state index in [0.717, 1.165) is 0 Å². The number of nitrogens with zero attached hydrogens (tertiary/aromatic N) is 1. The Morgan fingerprint density at radius 3 is 2.62 bits per heavy atom. The van der Waals surface area contributed by atoms with E-state index in [4.69, 9.17) is 16.6 Å². The molecule has 1 rings (SSSR count). The van der Waals surface area contributed by atoms with E-state index in [9.17, 15) is 5.11 Å². The van der Waals surface area contributed by atoms with Crippen LogP contribution in [0.25, 0.3) is 0 Å². The van der Waals surface area contributed by atoms with Crippen molar-refractivity contribution >= 4 is 12.4 Å². The molecule has 0 saturated heterocycles. The average molecular weight is 248 g/mol. The first-order valence-electron chi connectivity index (χ1n) is 4.85. The van der Waals surface area contributed by atoms with Gasteiger partial charge in [-0.15, -0.1) is 12.4 Å². The summed E-state index contributed by atoms with van der Waals surface area (Å²) in [4.78, 5) is 3.96. The number of hydrogen-bond acceptors (Lipinski definition) is 5. The summed E-state index contributed by atoms with van der Waals surface area (Å²) in [6.07, 6.45) is 2.09. The van der Waals surface area contributed by atoms with Crippen LogP contribution in [0.4, 0.5) is 0 Å². The predicted molar refractivity (Wildman–Crippen MR) is 64.4 cm³/mol. The molecule has 1 atom stereocenters. The van der Waals surface area contributed by atoms with Crippen LogP contribution >= 0.6 is 12.4 Å². The van der Waals surface area contributed by atoms with Gasteiger partial charge < -0.3 is 21.7 Å². The molecule has 0 saturated carbocycles. The number of nitrogens with two attached hydrogens (primary N) is 2. The van der Waals surface area contributed by atoms with Crippen LogP contribution in [0.1, 0.15) is 29.3 Å². The predicted octanol–water partition coefficient (Wildman–Crippen LogP) is 0.358. The second kappa shape index (κ2) is 6.65. The molecule has 0 aliphatic carbocycles. The molecule has 1 aromatic rings. The van der Waals surface area contributed by atoms with Crippen molar-refractivity contribution in [1.82, 2.24) is 4.98 Å². The first kappa shape index (κ1) is 15.1. The van der Waals surface area contributed by atoms with E-state index in [2.05, 4.69) is 4.98 Å². The molecule has 1 aromatic heterocycles. The molecule has 0 aliphatic rings. The number of hydrogen-bond donors (Lipinski definition) is 4. The molecular weight excluding hydrogens is 230 g/mol. The largest absolute Gasteiger partial charge is 0.506 e. The van der Waals surface area contributed by atoms with Gasteiger partial charge in [0.05, 0.1) is 12.3 Å². The topological polar surface area (TPSA) is 105 Å². The normalized spacial score (nSPS) is 12.0. The number of aliphatic hydroxyl groups excluding tert-OH is 1. The highest BCUT2D eigenvalue weighted by molar-refractivity contribution is 5.85. The number of aromatic nitrogens is 1. The van der Waals surface area contributed by atoms with Gasteiger partial charge in [-0.2, -0.15) is 0 Å². The summed E-state index contributed by atoms with van der Waals surface area (Å²) in [5, 5.41) is 18.9. The molecule has 92 valence electrons. The molecule has 0 radical (unpaired) electrons. The summed E-state index contributed by atoms with van der Waals surface area (Å²) in [5.41, 5.74) is 12.9. The highest BCUT2D eigenvalue weighted by Gasteiger charge is 2.17. The maximum atomic E-state index is 9.81. The maximum Gasteiger partial charge on any atom is 0.141 e. The van der Waals surface area contributed by atoms with Crippen LogP contribution in [-0.4, -0.2) is 21.7 Å². The van der Waals surface area contributed by atoms with Crippen molar-refractivity contribution in [3.8, 4) is 5.75 Å². The van der Waals surface area contributed by atoms with Gasteiger partial charge in [0.1, 0.15) is 5.75 Å². The van der Waals surface area contributed by atoms with Gasteiger partial charge in [0.25, 0.3) is 0 Å². The highest BCUT2D eigenvalue weighted by Crippen LogP contribution is 2.29.